The Balaban J connectivity index is 3.17. The number of rotatable bonds is 3. The molecule has 0 saturated carbocycles. The van der Waals surface area contributed by atoms with Crippen LogP contribution in [0.5, 0.6) is 0 Å². The predicted octanol–water partition coefficient (Wildman–Crippen LogP) is 1.58. The van der Waals surface area contributed by atoms with Crippen LogP contribution in [0.3, 0.4) is 0 Å². The smallest absolute Gasteiger partial charge is 0.270 e. The molecule has 13 heavy (non-hydrogen) atoms. The van der Waals surface area contributed by atoms with Crippen LogP contribution in [0.15, 0.2) is 29.2 Å². The van der Waals surface area contributed by atoms with E-state index in [-0.39, 0.29) is 4.90 Å². The summed E-state index contributed by atoms with van der Waals surface area (Å²) in [5, 5.41) is 0. The highest BCUT2D eigenvalue weighted by molar-refractivity contribution is 7.86. The van der Waals surface area contributed by atoms with Gasteiger partial charge in [0.15, 0.2) is 0 Å². The molecule has 0 unspecified atom stereocenters. The second-order valence-corrected chi connectivity index (χ2v) is 4.33. The molecule has 0 bridgehead atoms. The second kappa shape index (κ2) is 3.89. The summed E-state index contributed by atoms with van der Waals surface area (Å²) in [6.45, 7) is 1.97. The molecule has 0 aliphatic heterocycles. The molecule has 1 rings (SSSR count). The number of hydrogen-bond acceptors (Lipinski definition) is 3. The van der Waals surface area contributed by atoms with Crippen LogP contribution in [0.25, 0.3) is 0 Å². The maximum Gasteiger partial charge on any atom is 0.296 e. The molecule has 0 N–H and O–H groups in total. The summed E-state index contributed by atoms with van der Waals surface area (Å²) in [4.78, 5) is 0.217. The summed E-state index contributed by atoms with van der Waals surface area (Å²) < 4.78 is 26.9. The van der Waals surface area contributed by atoms with Gasteiger partial charge in [0.05, 0.1) is 12.0 Å². The van der Waals surface area contributed by atoms with E-state index in [4.69, 9.17) is 0 Å². The third-order valence-electron chi connectivity index (χ3n) is 1.81. The van der Waals surface area contributed by atoms with Crippen LogP contribution in [-0.2, 0) is 20.7 Å². The molecule has 0 radical (unpaired) electrons. The number of aryl methyl sites for hydroxylation is 1. The van der Waals surface area contributed by atoms with E-state index in [0.717, 1.165) is 19.1 Å². The molecule has 72 valence electrons. The van der Waals surface area contributed by atoms with Gasteiger partial charge < -0.3 is 0 Å². The summed E-state index contributed by atoms with van der Waals surface area (Å²) in [6, 6.07) is 6.75. The Bertz CT molecular complexity index is 382. The minimum absolute atomic E-state index is 0.217. The SMILES string of the molecule is CCc1cccc(S(=O)(=O)OC)c1. The lowest BCUT2D eigenvalue weighted by molar-refractivity contribution is 0.397. The Labute approximate surface area is 78.5 Å². The van der Waals surface area contributed by atoms with E-state index >= 15 is 0 Å². The van der Waals surface area contributed by atoms with E-state index in [9.17, 15) is 8.42 Å². The Kier molecular flexibility index (Phi) is 3.06. The van der Waals surface area contributed by atoms with Gasteiger partial charge in [-0.05, 0) is 24.1 Å². The van der Waals surface area contributed by atoms with Gasteiger partial charge in [-0.25, -0.2) is 0 Å². The van der Waals surface area contributed by atoms with Gasteiger partial charge in [-0.3, -0.25) is 4.18 Å². The van der Waals surface area contributed by atoms with Gasteiger partial charge in [0.2, 0.25) is 0 Å². The van der Waals surface area contributed by atoms with Crippen molar-refractivity contribution in [3.05, 3.63) is 29.8 Å². The average molecular weight is 200 g/mol. The van der Waals surface area contributed by atoms with Crippen molar-refractivity contribution in [1.29, 1.82) is 0 Å². The van der Waals surface area contributed by atoms with Crippen LogP contribution in [0.1, 0.15) is 12.5 Å². The monoisotopic (exact) mass is 200 g/mol. The van der Waals surface area contributed by atoms with Gasteiger partial charge in [0, 0.05) is 0 Å². The molecule has 0 aliphatic carbocycles. The van der Waals surface area contributed by atoms with Gasteiger partial charge in [0.1, 0.15) is 0 Å². The average Bonchev–Trinajstić information content (AvgIpc) is 2.18. The molecule has 0 fully saturated rings. The van der Waals surface area contributed by atoms with Gasteiger partial charge in [0.25, 0.3) is 10.1 Å². The summed E-state index contributed by atoms with van der Waals surface area (Å²) in [5.74, 6) is 0. The van der Waals surface area contributed by atoms with E-state index in [1.165, 1.54) is 6.07 Å². The number of benzene rings is 1. The Morgan fingerprint density at radius 3 is 2.62 bits per heavy atom. The van der Waals surface area contributed by atoms with E-state index in [0.29, 0.717) is 0 Å². The highest BCUT2D eigenvalue weighted by Crippen LogP contribution is 2.13. The van der Waals surface area contributed by atoms with Gasteiger partial charge in [-0.2, -0.15) is 8.42 Å². The van der Waals surface area contributed by atoms with Crippen LogP contribution in [0, 0.1) is 0 Å². The van der Waals surface area contributed by atoms with E-state index in [2.05, 4.69) is 4.18 Å². The Hall–Kier alpha value is -0.870. The zero-order valence-electron chi connectivity index (χ0n) is 7.65. The molecular weight excluding hydrogens is 188 g/mol. The first-order valence-electron chi connectivity index (χ1n) is 3.99. The highest BCUT2D eigenvalue weighted by Gasteiger charge is 2.12. The minimum Gasteiger partial charge on any atom is -0.270 e. The molecule has 0 heterocycles. The molecule has 0 atom stereocenters. The van der Waals surface area contributed by atoms with Gasteiger partial charge in [-0.15, -0.1) is 0 Å². The van der Waals surface area contributed by atoms with Crippen LogP contribution in [0.2, 0.25) is 0 Å². The summed E-state index contributed by atoms with van der Waals surface area (Å²) in [7, 11) is -2.37. The Morgan fingerprint density at radius 1 is 1.38 bits per heavy atom. The van der Waals surface area contributed by atoms with Gasteiger partial charge in [-0.1, -0.05) is 19.1 Å². The van der Waals surface area contributed by atoms with Crippen molar-refractivity contribution in [1.82, 2.24) is 0 Å². The quantitative estimate of drug-likeness (QED) is 0.696. The largest absolute Gasteiger partial charge is 0.296 e. The normalized spacial score (nSPS) is 11.5. The van der Waals surface area contributed by atoms with Crippen molar-refractivity contribution in [2.24, 2.45) is 0 Å². The number of hydrogen-bond donors (Lipinski definition) is 0. The topological polar surface area (TPSA) is 43.4 Å². The highest BCUT2D eigenvalue weighted by atomic mass is 32.2. The first-order chi connectivity index (χ1) is 6.10. The maximum atomic E-state index is 11.2. The maximum absolute atomic E-state index is 11.2. The molecule has 0 spiro atoms. The minimum atomic E-state index is -3.53. The molecule has 1 aromatic carbocycles. The lowest BCUT2D eigenvalue weighted by atomic mass is 10.2. The fraction of sp³-hybridized carbons (Fsp3) is 0.333. The standard InChI is InChI=1S/C9H12O3S/c1-3-8-5-4-6-9(7-8)13(10,11)12-2/h4-7H,3H2,1-2H3. The van der Waals surface area contributed by atoms with Crippen LogP contribution < -0.4 is 0 Å². The summed E-state index contributed by atoms with van der Waals surface area (Å²) in [5.41, 5.74) is 0.984. The third-order valence-corrected chi connectivity index (χ3v) is 3.08. The molecule has 1 aromatic rings. The zero-order chi connectivity index (χ0) is 9.90. The molecule has 0 amide bonds. The first kappa shape index (κ1) is 10.2. The summed E-state index contributed by atoms with van der Waals surface area (Å²) >= 11 is 0. The van der Waals surface area contributed by atoms with E-state index in [1.807, 2.05) is 13.0 Å². The molecule has 4 heteroatoms. The van der Waals surface area contributed by atoms with Crippen molar-refractivity contribution in [3.8, 4) is 0 Å². The molecule has 3 nitrogen and oxygen atoms in total. The predicted molar refractivity (Wildman–Crippen MR) is 50.0 cm³/mol. The van der Waals surface area contributed by atoms with Crippen molar-refractivity contribution < 1.29 is 12.6 Å². The summed E-state index contributed by atoms with van der Waals surface area (Å²) in [6.07, 6.45) is 0.813. The lowest BCUT2D eigenvalue weighted by Gasteiger charge is -2.02. The van der Waals surface area contributed by atoms with Crippen molar-refractivity contribution in [2.45, 2.75) is 18.2 Å². The van der Waals surface area contributed by atoms with E-state index in [1.54, 1.807) is 12.1 Å². The molecule has 0 saturated heterocycles. The fourth-order valence-corrected chi connectivity index (χ4v) is 1.75. The first-order valence-corrected chi connectivity index (χ1v) is 5.40. The van der Waals surface area contributed by atoms with E-state index < -0.39 is 10.1 Å². The molecule has 0 aromatic heterocycles. The fourth-order valence-electron chi connectivity index (χ4n) is 1.02. The lowest BCUT2D eigenvalue weighted by Crippen LogP contribution is -2.02. The Morgan fingerprint density at radius 2 is 2.08 bits per heavy atom. The second-order valence-electron chi connectivity index (χ2n) is 2.62. The van der Waals surface area contributed by atoms with Crippen molar-refractivity contribution >= 4 is 10.1 Å². The van der Waals surface area contributed by atoms with Crippen molar-refractivity contribution in [3.63, 3.8) is 0 Å². The molecular formula is C9H12O3S. The van der Waals surface area contributed by atoms with Crippen LogP contribution in [0.4, 0.5) is 0 Å². The van der Waals surface area contributed by atoms with Gasteiger partial charge >= 0.3 is 0 Å². The van der Waals surface area contributed by atoms with Crippen LogP contribution in [-0.4, -0.2) is 15.5 Å². The van der Waals surface area contributed by atoms with Crippen LogP contribution >= 0.6 is 0 Å². The van der Waals surface area contributed by atoms with Crippen molar-refractivity contribution in [2.75, 3.05) is 7.11 Å². The molecule has 0 aliphatic rings. The zero-order valence-corrected chi connectivity index (χ0v) is 8.47. The third kappa shape index (κ3) is 2.29.